The van der Waals surface area contributed by atoms with Crippen LogP contribution >= 0.6 is 0 Å². The average Bonchev–Trinajstić information content (AvgIpc) is 3.31. The molecule has 0 aliphatic carbocycles. The largest absolute Gasteiger partial charge is 0.416 e. The van der Waals surface area contributed by atoms with Crippen LogP contribution in [0.4, 0.5) is 37.8 Å². The van der Waals surface area contributed by atoms with Crippen LogP contribution in [0.1, 0.15) is 47.9 Å². The Morgan fingerprint density at radius 1 is 0.833 bits per heavy atom. The zero-order valence-electron chi connectivity index (χ0n) is 26.1. The first kappa shape index (κ1) is 33.6. The number of nitrogens with two attached hydrogens (primary N) is 1. The standard InChI is InChI=1S/C34H36F6N6O2/c35-33(36,37)26-16-24(17-27(19-26)34(38,39)40)21-45-22-46(28-4-2-1-3-5-28)32(31(45)48)9-14-44(15-10-32)30(47)25-7-12-43(13-8-25)20-23-6-11-42-29(41)18-23/h1-6,11,16-19,25H,7-10,12-15,20-22H2,(H2,41,42). The minimum atomic E-state index is -4.99. The summed E-state index contributed by atoms with van der Waals surface area (Å²) in [7, 11) is 0. The molecule has 2 aromatic carbocycles. The van der Waals surface area contributed by atoms with E-state index in [0.29, 0.717) is 56.1 Å². The Bertz CT molecular complexity index is 1600. The van der Waals surface area contributed by atoms with Gasteiger partial charge in [-0.15, -0.1) is 0 Å². The molecular weight excluding hydrogens is 638 g/mol. The Balaban J connectivity index is 1.16. The molecule has 0 radical (unpaired) electrons. The lowest BCUT2D eigenvalue weighted by Crippen LogP contribution is -2.58. The molecule has 4 heterocycles. The highest BCUT2D eigenvalue weighted by Gasteiger charge is 2.54. The number of hydrogen-bond donors (Lipinski definition) is 1. The number of carbonyl (C=O) groups excluding carboxylic acids is 2. The van der Waals surface area contributed by atoms with Crippen molar-refractivity contribution in [3.8, 4) is 0 Å². The van der Waals surface area contributed by atoms with Gasteiger partial charge in [-0.2, -0.15) is 26.3 Å². The lowest BCUT2D eigenvalue weighted by Gasteiger charge is -2.44. The highest BCUT2D eigenvalue weighted by atomic mass is 19.4. The normalized spacial score (nSPS) is 19.4. The molecule has 0 saturated carbocycles. The van der Waals surface area contributed by atoms with Gasteiger partial charge < -0.3 is 20.4 Å². The molecule has 3 saturated heterocycles. The van der Waals surface area contributed by atoms with Gasteiger partial charge in [-0.1, -0.05) is 18.2 Å². The van der Waals surface area contributed by atoms with E-state index in [1.807, 2.05) is 35.2 Å². The molecule has 2 amide bonds. The van der Waals surface area contributed by atoms with Gasteiger partial charge in [0, 0.05) is 44.0 Å². The average molecular weight is 675 g/mol. The molecule has 14 heteroatoms. The second kappa shape index (κ2) is 12.9. The Kier molecular flexibility index (Phi) is 9.05. The summed E-state index contributed by atoms with van der Waals surface area (Å²) in [5, 5.41) is 0. The van der Waals surface area contributed by atoms with Crippen molar-refractivity contribution in [1.82, 2.24) is 19.7 Å². The summed E-state index contributed by atoms with van der Waals surface area (Å²) in [5.74, 6) is -0.0340. The highest BCUT2D eigenvalue weighted by molar-refractivity contribution is 5.94. The number of piperidine rings is 2. The van der Waals surface area contributed by atoms with Gasteiger partial charge in [0.2, 0.25) is 11.8 Å². The second-order valence-electron chi connectivity index (χ2n) is 12.8. The van der Waals surface area contributed by atoms with Crippen molar-refractivity contribution in [1.29, 1.82) is 0 Å². The molecule has 3 aliphatic heterocycles. The van der Waals surface area contributed by atoms with Crippen molar-refractivity contribution in [2.75, 3.05) is 43.5 Å². The van der Waals surface area contributed by atoms with Crippen LogP contribution in [-0.4, -0.2) is 69.9 Å². The zero-order chi connectivity index (χ0) is 34.3. The fourth-order valence-corrected chi connectivity index (χ4v) is 7.20. The fourth-order valence-electron chi connectivity index (χ4n) is 7.20. The van der Waals surface area contributed by atoms with Crippen LogP contribution < -0.4 is 10.6 Å². The van der Waals surface area contributed by atoms with Gasteiger partial charge in [-0.3, -0.25) is 14.5 Å². The first-order valence-electron chi connectivity index (χ1n) is 15.8. The number of nitrogen functional groups attached to an aromatic ring is 1. The minimum absolute atomic E-state index is 0.0179. The van der Waals surface area contributed by atoms with E-state index < -0.39 is 35.6 Å². The number of anilines is 2. The number of likely N-dealkylation sites (tertiary alicyclic amines) is 2. The predicted octanol–water partition coefficient (Wildman–Crippen LogP) is 5.78. The second-order valence-corrected chi connectivity index (χ2v) is 12.8. The van der Waals surface area contributed by atoms with Crippen LogP contribution in [0.5, 0.6) is 0 Å². The highest BCUT2D eigenvalue weighted by Crippen LogP contribution is 2.42. The molecular formula is C34H36F6N6O2. The molecule has 6 rings (SSSR count). The summed E-state index contributed by atoms with van der Waals surface area (Å²) in [5.41, 5.74) is 3.36. The van der Waals surface area contributed by atoms with Gasteiger partial charge in [-0.25, -0.2) is 4.98 Å². The van der Waals surface area contributed by atoms with Gasteiger partial charge in [0.1, 0.15) is 11.4 Å². The van der Waals surface area contributed by atoms with Gasteiger partial charge in [0.05, 0.1) is 17.8 Å². The number of amides is 2. The molecule has 3 aliphatic rings. The van der Waals surface area contributed by atoms with E-state index in [1.54, 1.807) is 23.2 Å². The van der Waals surface area contributed by atoms with E-state index in [-0.39, 0.29) is 48.9 Å². The third-order valence-electron chi connectivity index (χ3n) is 9.69. The van der Waals surface area contributed by atoms with E-state index in [2.05, 4.69) is 9.88 Å². The Morgan fingerprint density at radius 2 is 1.46 bits per heavy atom. The molecule has 256 valence electrons. The van der Waals surface area contributed by atoms with Crippen LogP contribution in [0, 0.1) is 5.92 Å². The third kappa shape index (κ3) is 6.94. The SMILES string of the molecule is Nc1cc(CN2CCC(C(=O)N3CCC4(CC3)C(=O)N(Cc3cc(C(F)(F)F)cc(C(F)(F)F)c3)CN4c3ccccc3)CC2)ccn1. The van der Waals surface area contributed by atoms with E-state index in [4.69, 9.17) is 5.73 Å². The molecule has 0 atom stereocenters. The Morgan fingerprint density at radius 3 is 2.04 bits per heavy atom. The van der Waals surface area contributed by atoms with Crippen molar-refractivity contribution in [2.45, 2.75) is 56.7 Å². The van der Waals surface area contributed by atoms with Crippen LogP contribution in [0.2, 0.25) is 0 Å². The number of benzene rings is 2. The molecule has 1 spiro atoms. The number of carbonyl (C=O) groups is 2. The number of alkyl halides is 6. The lowest BCUT2D eigenvalue weighted by atomic mass is 9.84. The third-order valence-corrected chi connectivity index (χ3v) is 9.69. The first-order chi connectivity index (χ1) is 22.7. The van der Waals surface area contributed by atoms with Crippen LogP contribution in [0.25, 0.3) is 0 Å². The molecule has 0 unspecified atom stereocenters. The predicted molar refractivity (Wildman–Crippen MR) is 166 cm³/mol. The number of aromatic nitrogens is 1. The summed E-state index contributed by atoms with van der Waals surface area (Å²) in [6.45, 7) is 2.38. The minimum Gasteiger partial charge on any atom is -0.384 e. The molecule has 2 N–H and O–H groups in total. The molecule has 8 nitrogen and oxygen atoms in total. The molecule has 3 aromatic rings. The van der Waals surface area contributed by atoms with Crippen LogP contribution in [-0.2, 0) is 35.0 Å². The van der Waals surface area contributed by atoms with Crippen molar-refractivity contribution in [3.63, 3.8) is 0 Å². The number of halogens is 6. The maximum absolute atomic E-state index is 14.1. The molecule has 0 bridgehead atoms. The van der Waals surface area contributed by atoms with Crippen molar-refractivity contribution in [2.24, 2.45) is 5.92 Å². The van der Waals surface area contributed by atoms with Gasteiger partial charge >= 0.3 is 12.4 Å². The maximum Gasteiger partial charge on any atom is 0.416 e. The van der Waals surface area contributed by atoms with E-state index in [1.165, 1.54) is 4.90 Å². The van der Waals surface area contributed by atoms with Gasteiger partial charge in [-0.05, 0) is 92.4 Å². The van der Waals surface area contributed by atoms with Crippen molar-refractivity contribution < 1.29 is 35.9 Å². The lowest BCUT2D eigenvalue weighted by molar-refractivity contribution is -0.143. The Hall–Kier alpha value is -4.33. The van der Waals surface area contributed by atoms with Crippen molar-refractivity contribution >= 4 is 23.3 Å². The molecule has 3 fully saturated rings. The number of pyridine rings is 1. The summed E-state index contributed by atoms with van der Waals surface area (Å²) < 4.78 is 81.3. The molecule has 1 aromatic heterocycles. The number of rotatable bonds is 6. The number of para-hydroxylation sites is 1. The molecule has 48 heavy (non-hydrogen) atoms. The summed E-state index contributed by atoms with van der Waals surface area (Å²) in [6, 6.07) is 14.2. The monoisotopic (exact) mass is 674 g/mol. The van der Waals surface area contributed by atoms with E-state index in [0.717, 1.165) is 18.7 Å². The fraction of sp³-hybridized carbons (Fsp3) is 0.441. The van der Waals surface area contributed by atoms with E-state index in [9.17, 15) is 35.9 Å². The van der Waals surface area contributed by atoms with Crippen molar-refractivity contribution in [3.05, 3.63) is 89.1 Å². The summed E-state index contributed by atoms with van der Waals surface area (Å²) in [6.07, 6.45) is -6.36. The number of hydrogen-bond acceptors (Lipinski definition) is 6. The van der Waals surface area contributed by atoms with Gasteiger partial charge in [0.15, 0.2) is 0 Å². The topological polar surface area (TPSA) is 86.0 Å². The summed E-state index contributed by atoms with van der Waals surface area (Å²) >= 11 is 0. The van der Waals surface area contributed by atoms with Crippen LogP contribution in [0.15, 0.2) is 66.9 Å². The first-order valence-corrected chi connectivity index (χ1v) is 15.8. The maximum atomic E-state index is 14.1. The quantitative estimate of drug-likeness (QED) is 0.334. The summed E-state index contributed by atoms with van der Waals surface area (Å²) in [4.78, 5) is 39.0. The Labute approximate surface area is 274 Å². The van der Waals surface area contributed by atoms with E-state index >= 15 is 0 Å². The zero-order valence-corrected chi connectivity index (χ0v) is 26.1. The smallest absolute Gasteiger partial charge is 0.384 e. The van der Waals surface area contributed by atoms with Crippen LogP contribution in [0.3, 0.4) is 0 Å². The van der Waals surface area contributed by atoms with Gasteiger partial charge in [0.25, 0.3) is 0 Å². The number of nitrogens with zero attached hydrogens (tertiary/aromatic N) is 5.